The topological polar surface area (TPSA) is 9.23 Å². The SMILES string of the molecule is Cc1c#cc(OC(F)F)cc1. The molecule has 11 heavy (non-hydrogen) atoms. The highest BCUT2D eigenvalue weighted by Gasteiger charge is 2.01. The van der Waals surface area contributed by atoms with E-state index >= 15 is 0 Å². The van der Waals surface area contributed by atoms with E-state index in [-0.39, 0.29) is 5.75 Å². The lowest BCUT2D eigenvalue weighted by Crippen LogP contribution is -2.00. The Kier molecular flexibility index (Phi) is 2.27. The van der Waals surface area contributed by atoms with E-state index in [2.05, 4.69) is 16.9 Å². The van der Waals surface area contributed by atoms with Crippen molar-refractivity contribution in [2.75, 3.05) is 0 Å². The van der Waals surface area contributed by atoms with Crippen LogP contribution in [0.15, 0.2) is 12.1 Å². The molecule has 0 unspecified atom stereocenters. The summed E-state index contributed by atoms with van der Waals surface area (Å²) in [5, 5.41) is 0. The monoisotopic (exact) mass is 156 g/mol. The maximum atomic E-state index is 11.6. The zero-order chi connectivity index (χ0) is 8.27. The Bertz CT molecular complexity index is 218. The third-order valence-electron chi connectivity index (χ3n) is 1.08. The van der Waals surface area contributed by atoms with E-state index in [4.69, 9.17) is 0 Å². The summed E-state index contributed by atoms with van der Waals surface area (Å²) in [4.78, 5) is 0. The first-order valence-corrected chi connectivity index (χ1v) is 3.04. The van der Waals surface area contributed by atoms with Gasteiger partial charge in [-0.3, -0.25) is 0 Å². The zero-order valence-electron chi connectivity index (χ0n) is 5.90. The van der Waals surface area contributed by atoms with Crippen LogP contribution in [-0.4, -0.2) is 6.61 Å². The van der Waals surface area contributed by atoms with Crippen molar-refractivity contribution in [3.05, 3.63) is 29.8 Å². The van der Waals surface area contributed by atoms with Crippen LogP contribution in [0.5, 0.6) is 5.75 Å². The fourth-order valence-corrected chi connectivity index (χ4v) is 0.609. The minimum Gasteiger partial charge on any atom is -0.426 e. The second-order valence-electron chi connectivity index (χ2n) is 2.01. The van der Waals surface area contributed by atoms with Crippen LogP contribution in [0.2, 0.25) is 0 Å². The summed E-state index contributed by atoms with van der Waals surface area (Å²) in [5.41, 5.74) is 0.839. The van der Waals surface area contributed by atoms with E-state index in [1.54, 1.807) is 13.0 Å². The van der Waals surface area contributed by atoms with Crippen LogP contribution in [0.25, 0.3) is 0 Å². The van der Waals surface area contributed by atoms with Gasteiger partial charge in [0.25, 0.3) is 0 Å². The summed E-state index contributed by atoms with van der Waals surface area (Å²) in [6.07, 6.45) is 0. The number of halogens is 2. The average molecular weight is 156 g/mol. The van der Waals surface area contributed by atoms with E-state index in [1.165, 1.54) is 6.07 Å². The van der Waals surface area contributed by atoms with Crippen LogP contribution in [-0.2, 0) is 0 Å². The molecule has 0 aliphatic rings. The average Bonchev–Trinajstić information content (AvgIpc) is 1.93. The minimum absolute atomic E-state index is 0.0191. The second-order valence-corrected chi connectivity index (χ2v) is 2.01. The Hall–Kier alpha value is -1.30. The van der Waals surface area contributed by atoms with Gasteiger partial charge in [0.15, 0.2) is 5.75 Å². The highest BCUT2D eigenvalue weighted by Crippen LogP contribution is 2.09. The summed E-state index contributed by atoms with van der Waals surface area (Å²) in [6, 6.07) is 8.12. The van der Waals surface area contributed by atoms with Gasteiger partial charge in [0.1, 0.15) is 0 Å². The highest BCUT2D eigenvalue weighted by molar-refractivity contribution is 5.19. The molecule has 0 saturated carbocycles. The summed E-state index contributed by atoms with van der Waals surface area (Å²) >= 11 is 0. The quantitative estimate of drug-likeness (QED) is 0.637. The number of alkyl halides is 2. The molecule has 0 atom stereocenters. The number of ether oxygens (including phenoxy) is 1. The Morgan fingerprint density at radius 1 is 1.36 bits per heavy atom. The molecule has 1 rings (SSSR count). The predicted octanol–water partition coefficient (Wildman–Crippen LogP) is 2.20. The van der Waals surface area contributed by atoms with Gasteiger partial charge in [-0.05, 0) is 30.7 Å². The number of rotatable bonds is 2. The van der Waals surface area contributed by atoms with Crippen LogP contribution in [0.4, 0.5) is 8.78 Å². The molecule has 58 valence electrons. The van der Waals surface area contributed by atoms with Gasteiger partial charge in [0.05, 0.1) is 0 Å². The number of hydrogen-bond acceptors (Lipinski definition) is 1. The number of hydrogen-bond donors (Lipinski definition) is 0. The van der Waals surface area contributed by atoms with Crippen LogP contribution >= 0.6 is 0 Å². The van der Waals surface area contributed by atoms with Gasteiger partial charge in [0, 0.05) is 0 Å². The Balaban J connectivity index is 2.66. The van der Waals surface area contributed by atoms with Gasteiger partial charge in [-0.2, -0.15) is 8.78 Å². The maximum Gasteiger partial charge on any atom is 0.388 e. The third-order valence-corrected chi connectivity index (χ3v) is 1.08. The lowest BCUT2D eigenvalue weighted by Gasteiger charge is -1.99. The second kappa shape index (κ2) is 3.20. The molecular weight excluding hydrogens is 150 g/mol. The predicted molar refractivity (Wildman–Crippen MR) is 35.5 cm³/mol. The van der Waals surface area contributed by atoms with Crippen molar-refractivity contribution in [2.45, 2.75) is 13.5 Å². The molecule has 0 saturated heterocycles. The van der Waals surface area contributed by atoms with E-state index in [1.807, 2.05) is 0 Å². The lowest BCUT2D eigenvalue weighted by molar-refractivity contribution is -0.0498. The molecule has 0 aliphatic heterocycles. The molecule has 0 bridgehead atoms. The Labute approximate surface area is 63.6 Å². The molecule has 0 aromatic heterocycles. The maximum absolute atomic E-state index is 11.6. The summed E-state index contributed by atoms with van der Waals surface area (Å²) in [6.45, 7) is -0.995. The van der Waals surface area contributed by atoms with Crippen molar-refractivity contribution < 1.29 is 13.5 Å². The van der Waals surface area contributed by atoms with Crippen LogP contribution < -0.4 is 4.74 Å². The molecule has 0 amide bonds. The largest absolute Gasteiger partial charge is 0.426 e. The molecule has 0 fully saturated rings. The third kappa shape index (κ3) is 2.42. The zero-order valence-corrected chi connectivity index (χ0v) is 5.90. The molecule has 1 aromatic rings. The molecule has 0 radical (unpaired) electrons. The van der Waals surface area contributed by atoms with Gasteiger partial charge in [-0.1, -0.05) is 6.07 Å². The summed E-state index contributed by atoms with van der Waals surface area (Å²) in [7, 11) is 0. The van der Waals surface area contributed by atoms with Crippen molar-refractivity contribution >= 4 is 0 Å². The molecule has 0 heterocycles. The van der Waals surface area contributed by atoms with Gasteiger partial charge in [0.2, 0.25) is 0 Å². The molecule has 1 nitrogen and oxygen atoms in total. The Morgan fingerprint density at radius 3 is 2.55 bits per heavy atom. The highest BCUT2D eigenvalue weighted by atomic mass is 19.3. The lowest BCUT2D eigenvalue weighted by atomic mass is 10.3. The standard InChI is InChI=1S/C8H6F2O/c1-6-2-4-7(5-3-6)11-8(9)10/h2,4,8H,1H3. The molecular formula is C8H6F2O. The molecule has 3 heteroatoms. The van der Waals surface area contributed by atoms with Gasteiger partial charge in [-0.15, -0.1) is 0 Å². The van der Waals surface area contributed by atoms with Crippen molar-refractivity contribution in [1.29, 1.82) is 0 Å². The van der Waals surface area contributed by atoms with Gasteiger partial charge < -0.3 is 4.74 Å². The Morgan fingerprint density at radius 2 is 2.09 bits per heavy atom. The van der Waals surface area contributed by atoms with Gasteiger partial charge >= 0.3 is 6.61 Å². The molecule has 0 spiro atoms. The smallest absolute Gasteiger partial charge is 0.388 e. The normalized spacial score (nSPS) is 9.45. The fraction of sp³-hybridized carbons (Fsp3) is 0.250. The molecule has 1 aromatic carbocycles. The van der Waals surface area contributed by atoms with Crippen molar-refractivity contribution in [2.24, 2.45) is 0 Å². The van der Waals surface area contributed by atoms with E-state index in [9.17, 15) is 8.78 Å². The molecule has 0 aliphatic carbocycles. The minimum atomic E-state index is -2.79. The fourth-order valence-electron chi connectivity index (χ4n) is 0.609. The van der Waals surface area contributed by atoms with Crippen molar-refractivity contribution in [1.82, 2.24) is 0 Å². The van der Waals surface area contributed by atoms with E-state index in [0.717, 1.165) is 5.56 Å². The molecule has 0 N–H and O–H groups in total. The first-order valence-electron chi connectivity index (χ1n) is 3.04. The van der Waals surface area contributed by atoms with Crippen LogP contribution in [0.1, 0.15) is 5.56 Å². The van der Waals surface area contributed by atoms with E-state index in [0.29, 0.717) is 0 Å². The van der Waals surface area contributed by atoms with Crippen molar-refractivity contribution in [3.8, 4) is 5.75 Å². The number of aryl methyl sites for hydroxylation is 1. The van der Waals surface area contributed by atoms with Crippen molar-refractivity contribution in [3.63, 3.8) is 0 Å². The van der Waals surface area contributed by atoms with E-state index < -0.39 is 6.61 Å². The summed E-state index contributed by atoms with van der Waals surface area (Å²) in [5.74, 6) is 0.0191. The first kappa shape index (κ1) is 7.80. The van der Waals surface area contributed by atoms with Crippen LogP contribution in [0, 0.1) is 19.1 Å². The van der Waals surface area contributed by atoms with Gasteiger partial charge in [-0.25, -0.2) is 0 Å². The first-order chi connectivity index (χ1) is 5.18. The van der Waals surface area contributed by atoms with Crippen LogP contribution in [0.3, 0.4) is 0 Å². The summed E-state index contributed by atoms with van der Waals surface area (Å²) < 4.78 is 27.2.